The van der Waals surface area contributed by atoms with Gasteiger partial charge in [0.1, 0.15) is 0 Å². The minimum Gasteiger partial charge on any atom is -0.493 e. The summed E-state index contributed by atoms with van der Waals surface area (Å²) in [6.07, 6.45) is 2.70. The molecule has 6 heteroatoms. The first kappa shape index (κ1) is 22.3. The van der Waals surface area contributed by atoms with Gasteiger partial charge in [0, 0.05) is 17.7 Å². The molecule has 0 aliphatic carbocycles. The number of hydrogen-bond donors (Lipinski definition) is 0. The van der Waals surface area contributed by atoms with E-state index in [1.807, 2.05) is 71.6 Å². The molecule has 1 aliphatic heterocycles. The highest BCUT2D eigenvalue weighted by Gasteiger charge is 2.28. The van der Waals surface area contributed by atoms with Crippen molar-refractivity contribution in [2.75, 3.05) is 35.0 Å². The topological polar surface area (TPSA) is 57.2 Å². The number of fused-ring (bicyclic) bond motifs is 1. The predicted octanol–water partition coefficient (Wildman–Crippen LogP) is 4.92. The third-order valence-electron chi connectivity index (χ3n) is 5.76. The van der Waals surface area contributed by atoms with Gasteiger partial charge < -0.3 is 23.8 Å². The van der Waals surface area contributed by atoms with E-state index >= 15 is 0 Å². The smallest absolute Gasteiger partial charge is 0.258 e. The van der Waals surface area contributed by atoms with Crippen LogP contribution in [0.15, 0.2) is 60.7 Å². The Kier molecular flexibility index (Phi) is 6.54. The molecular formula is C27H27NO5. The van der Waals surface area contributed by atoms with Crippen LogP contribution < -0.4 is 18.9 Å². The van der Waals surface area contributed by atoms with E-state index in [1.165, 1.54) is 0 Å². The lowest BCUT2D eigenvalue weighted by atomic mass is 9.93. The summed E-state index contributed by atoms with van der Waals surface area (Å²) in [6, 6.07) is 18.9. The van der Waals surface area contributed by atoms with Gasteiger partial charge in [-0.2, -0.15) is 0 Å². The molecule has 0 radical (unpaired) electrons. The Morgan fingerprint density at radius 2 is 1.42 bits per heavy atom. The minimum absolute atomic E-state index is 0.0530. The number of carbonyl (C=O) groups is 1. The van der Waals surface area contributed by atoms with Crippen LogP contribution in [0.25, 0.3) is 11.8 Å². The lowest BCUT2D eigenvalue weighted by molar-refractivity contribution is 0.0834. The van der Waals surface area contributed by atoms with Gasteiger partial charge in [0.25, 0.3) is 5.91 Å². The zero-order valence-corrected chi connectivity index (χ0v) is 19.3. The molecule has 6 nitrogen and oxygen atoms in total. The molecule has 0 saturated heterocycles. The maximum Gasteiger partial charge on any atom is 0.258 e. The second kappa shape index (κ2) is 9.69. The third-order valence-corrected chi connectivity index (χ3v) is 5.76. The first-order valence-electron chi connectivity index (χ1n) is 10.7. The average molecular weight is 446 g/mol. The lowest BCUT2D eigenvalue weighted by Gasteiger charge is -2.32. The highest BCUT2D eigenvalue weighted by atomic mass is 16.5. The molecule has 3 aromatic carbocycles. The number of rotatable bonds is 6. The van der Waals surface area contributed by atoms with Crippen molar-refractivity contribution in [3.63, 3.8) is 0 Å². The highest BCUT2D eigenvalue weighted by molar-refractivity contribution is 6.03. The van der Waals surface area contributed by atoms with Crippen molar-refractivity contribution >= 4 is 17.7 Å². The Balaban J connectivity index is 1.87. The number of amides is 1. The number of hydrogen-bond acceptors (Lipinski definition) is 5. The molecule has 170 valence electrons. The van der Waals surface area contributed by atoms with Crippen molar-refractivity contribution in [3.05, 3.63) is 82.9 Å². The molecule has 0 unspecified atom stereocenters. The van der Waals surface area contributed by atoms with Gasteiger partial charge in [0.15, 0.2) is 23.0 Å². The normalized spacial score (nSPS) is 13.9. The Bertz CT molecular complexity index is 1190. The van der Waals surface area contributed by atoms with Gasteiger partial charge in [-0.15, -0.1) is 0 Å². The van der Waals surface area contributed by atoms with E-state index in [1.54, 1.807) is 28.4 Å². The number of benzene rings is 3. The molecule has 0 N–H and O–H groups in total. The summed E-state index contributed by atoms with van der Waals surface area (Å²) in [5.74, 6) is 2.50. The van der Waals surface area contributed by atoms with Crippen LogP contribution in [-0.4, -0.2) is 45.8 Å². The van der Waals surface area contributed by atoms with E-state index in [9.17, 15) is 4.79 Å². The first-order chi connectivity index (χ1) is 16.1. The van der Waals surface area contributed by atoms with E-state index in [2.05, 4.69) is 0 Å². The first-order valence-corrected chi connectivity index (χ1v) is 10.7. The van der Waals surface area contributed by atoms with E-state index in [4.69, 9.17) is 18.9 Å². The summed E-state index contributed by atoms with van der Waals surface area (Å²) < 4.78 is 21.9. The fourth-order valence-corrected chi connectivity index (χ4v) is 4.07. The van der Waals surface area contributed by atoms with Crippen LogP contribution in [0, 0.1) is 0 Å². The fraction of sp³-hybridized carbons (Fsp3) is 0.222. The zero-order valence-electron chi connectivity index (χ0n) is 19.3. The van der Waals surface area contributed by atoms with E-state index in [-0.39, 0.29) is 5.91 Å². The van der Waals surface area contributed by atoms with Gasteiger partial charge in [-0.3, -0.25) is 4.79 Å². The molecule has 0 atom stereocenters. The molecule has 3 aromatic rings. The summed E-state index contributed by atoms with van der Waals surface area (Å²) in [6.45, 7) is 0.551. The van der Waals surface area contributed by atoms with Crippen molar-refractivity contribution < 1.29 is 23.7 Å². The Morgan fingerprint density at radius 1 is 0.788 bits per heavy atom. The van der Waals surface area contributed by atoms with E-state index < -0.39 is 0 Å². The SMILES string of the molecule is COc1ccc(C=C2c3cc(OC)c(OC)cc3CCN2C(=O)c2ccccc2)cc1OC. The van der Waals surface area contributed by atoms with Crippen LogP contribution in [0.5, 0.6) is 23.0 Å². The molecule has 0 aromatic heterocycles. The summed E-state index contributed by atoms with van der Waals surface area (Å²) in [7, 11) is 6.44. The average Bonchev–Trinajstić information content (AvgIpc) is 2.88. The summed E-state index contributed by atoms with van der Waals surface area (Å²) in [5.41, 5.74) is 4.34. The molecule has 0 saturated carbocycles. The minimum atomic E-state index is -0.0530. The summed E-state index contributed by atoms with van der Waals surface area (Å²) >= 11 is 0. The molecule has 33 heavy (non-hydrogen) atoms. The molecule has 0 spiro atoms. The molecule has 1 amide bonds. The number of nitrogens with zero attached hydrogens (tertiary/aromatic N) is 1. The van der Waals surface area contributed by atoms with Crippen LogP contribution in [0.3, 0.4) is 0 Å². The van der Waals surface area contributed by atoms with Crippen molar-refractivity contribution in [3.8, 4) is 23.0 Å². The van der Waals surface area contributed by atoms with Crippen LogP contribution in [0.1, 0.15) is 27.0 Å². The molecule has 4 rings (SSSR count). The van der Waals surface area contributed by atoms with Gasteiger partial charge in [-0.25, -0.2) is 0 Å². The second-order valence-corrected chi connectivity index (χ2v) is 7.58. The Labute approximate surface area is 194 Å². The van der Waals surface area contributed by atoms with Gasteiger partial charge >= 0.3 is 0 Å². The van der Waals surface area contributed by atoms with Gasteiger partial charge in [-0.1, -0.05) is 24.3 Å². The third kappa shape index (κ3) is 4.37. The summed E-state index contributed by atoms with van der Waals surface area (Å²) in [5, 5.41) is 0. The predicted molar refractivity (Wildman–Crippen MR) is 128 cm³/mol. The highest BCUT2D eigenvalue weighted by Crippen LogP contribution is 2.39. The van der Waals surface area contributed by atoms with E-state index in [0.717, 1.165) is 22.4 Å². The van der Waals surface area contributed by atoms with Gasteiger partial charge in [-0.05, 0) is 60.0 Å². The lowest BCUT2D eigenvalue weighted by Crippen LogP contribution is -2.35. The van der Waals surface area contributed by atoms with Crippen molar-refractivity contribution in [2.45, 2.75) is 6.42 Å². The molecule has 0 bridgehead atoms. The molecule has 1 heterocycles. The van der Waals surface area contributed by atoms with Crippen LogP contribution in [0.4, 0.5) is 0 Å². The maximum absolute atomic E-state index is 13.5. The largest absolute Gasteiger partial charge is 0.493 e. The number of carbonyl (C=O) groups excluding carboxylic acids is 1. The fourth-order valence-electron chi connectivity index (χ4n) is 4.07. The Hall–Kier alpha value is -3.93. The van der Waals surface area contributed by atoms with Crippen molar-refractivity contribution in [2.24, 2.45) is 0 Å². The monoisotopic (exact) mass is 445 g/mol. The molecule has 0 fully saturated rings. The van der Waals surface area contributed by atoms with E-state index in [0.29, 0.717) is 41.5 Å². The molecular weight excluding hydrogens is 418 g/mol. The Morgan fingerprint density at radius 3 is 2.09 bits per heavy atom. The maximum atomic E-state index is 13.5. The quantitative estimate of drug-likeness (QED) is 0.539. The molecule has 1 aliphatic rings. The van der Waals surface area contributed by atoms with Crippen LogP contribution in [-0.2, 0) is 6.42 Å². The van der Waals surface area contributed by atoms with Crippen LogP contribution >= 0.6 is 0 Å². The van der Waals surface area contributed by atoms with Crippen LogP contribution in [0.2, 0.25) is 0 Å². The van der Waals surface area contributed by atoms with Crippen molar-refractivity contribution in [1.29, 1.82) is 0 Å². The second-order valence-electron chi connectivity index (χ2n) is 7.58. The number of ether oxygens (including phenoxy) is 4. The standard InChI is InChI=1S/C27H27NO5/c1-30-23-11-10-18(15-24(23)31-2)14-22-21-17-26(33-4)25(32-3)16-20(21)12-13-28(22)27(29)19-8-6-5-7-9-19/h5-11,14-17H,12-13H2,1-4H3. The van der Waals surface area contributed by atoms with Gasteiger partial charge in [0.2, 0.25) is 0 Å². The van der Waals surface area contributed by atoms with Crippen molar-refractivity contribution in [1.82, 2.24) is 4.90 Å². The zero-order chi connectivity index (χ0) is 23.4. The summed E-state index contributed by atoms with van der Waals surface area (Å²) in [4.78, 5) is 15.3. The van der Waals surface area contributed by atoms with Gasteiger partial charge in [0.05, 0.1) is 34.1 Å². The number of methoxy groups -OCH3 is 4.